The third kappa shape index (κ3) is 4.64. The Hall–Kier alpha value is -2.73. The predicted octanol–water partition coefficient (Wildman–Crippen LogP) is 3.46. The van der Waals surface area contributed by atoms with Gasteiger partial charge < -0.3 is 10.1 Å². The summed E-state index contributed by atoms with van der Waals surface area (Å²) < 4.78 is 5.47. The van der Waals surface area contributed by atoms with E-state index < -0.39 is 0 Å². The molecule has 128 valence electrons. The summed E-state index contributed by atoms with van der Waals surface area (Å²) >= 11 is 1.55. The second-order valence-corrected chi connectivity index (χ2v) is 6.22. The summed E-state index contributed by atoms with van der Waals surface area (Å²) in [5.74, 6) is 0.488. The zero-order valence-electron chi connectivity index (χ0n) is 13.9. The zero-order valence-corrected chi connectivity index (χ0v) is 14.8. The van der Waals surface area contributed by atoms with E-state index >= 15 is 0 Å². The number of aromatic nitrogens is 2. The van der Waals surface area contributed by atoms with Gasteiger partial charge in [0.25, 0.3) is 0 Å². The Kier molecular flexibility index (Phi) is 5.74. The van der Waals surface area contributed by atoms with Crippen LogP contribution in [-0.4, -0.2) is 22.5 Å². The fraction of sp³-hybridized carbons (Fsp3) is 0.211. The molecule has 0 fully saturated rings. The molecule has 3 aromatic rings. The van der Waals surface area contributed by atoms with Crippen molar-refractivity contribution in [2.75, 3.05) is 6.61 Å². The molecule has 5 nitrogen and oxygen atoms in total. The van der Waals surface area contributed by atoms with E-state index in [1.54, 1.807) is 17.5 Å². The fourth-order valence-corrected chi connectivity index (χ4v) is 3.17. The number of pyridine rings is 1. The number of nitrogens with zero attached hydrogens (tertiary/aromatic N) is 2. The summed E-state index contributed by atoms with van der Waals surface area (Å²) in [4.78, 5) is 20.9. The molecule has 0 aliphatic carbocycles. The highest BCUT2D eigenvalue weighted by Gasteiger charge is 2.10. The highest BCUT2D eigenvalue weighted by atomic mass is 32.1. The molecule has 0 unspecified atom stereocenters. The number of carbonyl (C=O) groups is 1. The molecule has 0 saturated heterocycles. The Labute approximate surface area is 150 Å². The van der Waals surface area contributed by atoms with Crippen molar-refractivity contribution in [3.05, 3.63) is 65.3 Å². The van der Waals surface area contributed by atoms with Crippen LogP contribution >= 0.6 is 11.3 Å². The first kappa shape index (κ1) is 17.1. The van der Waals surface area contributed by atoms with Crippen LogP contribution in [0.1, 0.15) is 18.2 Å². The van der Waals surface area contributed by atoms with Gasteiger partial charge in [0.15, 0.2) is 0 Å². The lowest BCUT2D eigenvalue weighted by Gasteiger charge is -2.09. The van der Waals surface area contributed by atoms with Gasteiger partial charge >= 0.3 is 0 Å². The topological polar surface area (TPSA) is 64.1 Å². The minimum absolute atomic E-state index is 0.0730. The van der Waals surface area contributed by atoms with Gasteiger partial charge in [0.1, 0.15) is 5.01 Å². The summed E-state index contributed by atoms with van der Waals surface area (Å²) in [7, 11) is 0. The highest BCUT2D eigenvalue weighted by molar-refractivity contribution is 7.13. The predicted molar refractivity (Wildman–Crippen MR) is 98.5 cm³/mol. The Morgan fingerprint density at radius 1 is 1.20 bits per heavy atom. The summed E-state index contributed by atoms with van der Waals surface area (Å²) in [6.07, 6.45) is 1.93. The number of nitrogens with one attached hydrogen (secondary N) is 1. The van der Waals surface area contributed by atoms with Crippen LogP contribution in [0.15, 0.2) is 54.0 Å². The van der Waals surface area contributed by atoms with E-state index in [-0.39, 0.29) is 12.3 Å². The van der Waals surface area contributed by atoms with Crippen molar-refractivity contribution < 1.29 is 9.53 Å². The Morgan fingerprint density at radius 2 is 2.04 bits per heavy atom. The number of ether oxygens (including phenoxy) is 1. The lowest BCUT2D eigenvalue weighted by molar-refractivity contribution is -0.120. The molecule has 3 rings (SSSR count). The SMILES string of the molecule is CCOc1ncccc1CNC(=O)Cc1csc(-c2ccccc2)n1. The Morgan fingerprint density at radius 3 is 2.84 bits per heavy atom. The van der Waals surface area contributed by atoms with Gasteiger partial charge in [-0.25, -0.2) is 9.97 Å². The first-order chi connectivity index (χ1) is 12.3. The van der Waals surface area contributed by atoms with Crippen molar-refractivity contribution >= 4 is 17.2 Å². The lowest BCUT2D eigenvalue weighted by Crippen LogP contribution is -2.25. The lowest BCUT2D eigenvalue weighted by atomic mass is 10.2. The van der Waals surface area contributed by atoms with Gasteiger partial charge in [-0.3, -0.25) is 4.79 Å². The molecule has 0 aliphatic heterocycles. The van der Waals surface area contributed by atoms with Gasteiger partial charge in [-0.2, -0.15) is 0 Å². The molecule has 1 amide bonds. The van der Waals surface area contributed by atoms with Crippen LogP contribution in [0, 0.1) is 0 Å². The standard InChI is InChI=1S/C19H19N3O2S/c1-2-24-18-15(9-6-10-20-18)12-21-17(23)11-16-13-25-19(22-16)14-7-4-3-5-8-14/h3-10,13H,2,11-12H2,1H3,(H,21,23). The van der Waals surface area contributed by atoms with E-state index in [4.69, 9.17) is 4.74 Å². The van der Waals surface area contributed by atoms with E-state index in [1.807, 2.05) is 54.8 Å². The van der Waals surface area contributed by atoms with Crippen molar-refractivity contribution in [2.45, 2.75) is 19.9 Å². The molecule has 2 heterocycles. The van der Waals surface area contributed by atoms with Crippen molar-refractivity contribution in [2.24, 2.45) is 0 Å². The van der Waals surface area contributed by atoms with E-state index in [1.165, 1.54) is 0 Å². The second-order valence-electron chi connectivity index (χ2n) is 5.36. The molecule has 0 radical (unpaired) electrons. The van der Waals surface area contributed by atoms with Crippen molar-refractivity contribution in [1.82, 2.24) is 15.3 Å². The minimum atomic E-state index is -0.0730. The van der Waals surface area contributed by atoms with Gasteiger partial charge in [-0.05, 0) is 13.0 Å². The average molecular weight is 353 g/mol. The minimum Gasteiger partial charge on any atom is -0.478 e. The van der Waals surface area contributed by atoms with Crippen LogP contribution in [0.2, 0.25) is 0 Å². The number of amides is 1. The number of rotatable bonds is 7. The number of carbonyl (C=O) groups excluding carboxylic acids is 1. The first-order valence-electron chi connectivity index (χ1n) is 8.09. The molecule has 6 heteroatoms. The Balaban J connectivity index is 1.58. The van der Waals surface area contributed by atoms with Crippen molar-refractivity contribution in [1.29, 1.82) is 0 Å². The third-order valence-corrected chi connectivity index (χ3v) is 4.46. The summed E-state index contributed by atoms with van der Waals surface area (Å²) in [6.45, 7) is 2.83. The number of benzene rings is 1. The smallest absolute Gasteiger partial charge is 0.226 e. The fourth-order valence-electron chi connectivity index (χ4n) is 2.35. The van der Waals surface area contributed by atoms with E-state index in [0.717, 1.165) is 21.8 Å². The molecule has 1 N–H and O–H groups in total. The molecule has 1 aromatic carbocycles. The Bertz CT molecular complexity index is 833. The monoisotopic (exact) mass is 353 g/mol. The van der Waals surface area contributed by atoms with E-state index in [0.29, 0.717) is 19.0 Å². The molecular weight excluding hydrogens is 334 g/mol. The van der Waals surface area contributed by atoms with Crippen LogP contribution in [0.3, 0.4) is 0 Å². The molecule has 25 heavy (non-hydrogen) atoms. The van der Waals surface area contributed by atoms with Gasteiger partial charge in [0, 0.05) is 29.2 Å². The molecule has 2 aromatic heterocycles. The van der Waals surface area contributed by atoms with E-state index in [2.05, 4.69) is 15.3 Å². The van der Waals surface area contributed by atoms with Gasteiger partial charge in [-0.1, -0.05) is 36.4 Å². The number of hydrogen-bond donors (Lipinski definition) is 1. The summed E-state index contributed by atoms with van der Waals surface area (Å²) in [6, 6.07) is 13.7. The maximum atomic E-state index is 12.2. The second kappa shape index (κ2) is 8.39. The van der Waals surface area contributed by atoms with Crippen molar-refractivity contribution in [3.8, 4) is 16.5 Å². The summed E-state index contributed by atoms with van der Waals surface area (Å²) in [5.41, 5.74) is 2.70. The molecule has 0 atom stereocenters. The molecule has 0 saturated carbocycles. The quantitative estimate of drug-likeness (QED) is 0.706. The molecular formula is C19H19N3O2S. The van der Waals surface area contributed by atoms with Crippen LogP contribution in [0.5, 0.6) is 5.88 Å². The van der Waals surface area contributed by atoms with Gasteiger partial charge in [0.05, 0.1) is 18.7 Å². The first-order valence-corrected chi connectivity index (χ1v) is 8.97. The maximum Gasteiger partial charge on any atom is 0.226 e. The van der Waals surface area contributed by atoms with Gasteiger partial charge in [-0.15, -0.1) is 11.3 Å². The summed E-state index contributed by atoms with van der Waals surface area (Å²) in [5, 5.41) is 5.75. The number of thiazole rings is 1. The van der Waals surface area contributed by atoms with Gasteiger partial charge in [0.2, 0.25) is 11.8 Å². The van der Waals surface area contributed by atoms with Crippen molar-refractivity contribution in [3.63, 3.8) is 0 Å². The maximum absolute atomic E-state index is 12.2. The van der Waals surface area contributed by atoms with Crippen LogP contribution in [0.25, 0.3) is 10.6 Å². The third-order valence-electron chi connectivity index (χ3n) is 3.52. The zero-order chi connectivity index (χ0) is 17.5. The normalized spacial score (nSPS) is 10.4. The van der Waals surface area contributed by atoms with Crippen LogP contribution in [-0.2, 0) is 17.8 Å². The molecule has 0 bridgehead atoms. The largest absolute Gasteiger partial charge is 0.478 e. The highest BCUT2D eigenvalue weighted by Crippen LogP contribution is 2.23. The van der Waals surface area contributed by atoms with Crippen LogP contribution < -0.4 is 10.1 Å². The molecule has 0 aliphatic rings. The van der Waals surface area contributed by atoms with E-state index in [9.17, 15) is 4.79 Å². The van der Waals surface area contributed by atoms with Crippen LogP contribution in [0.4, 0.5) is 0 Å². The number of hydrogen-bond acceptors (Lipinski definition) is 5. The average Bonchev–Trinajstić information content (AvgIpc) is 3.10. The molecule has 0 spiro atoms.